The first-order chi connectivity index (χ1) is 10.2. The van der Waals surface area contributed by atoms with E-state index in [2.05, 4.69) is 0 Å². The number of carbonyl (C=O) groups is 2. The van der Waals surface area contributed by atoms with Crippen LogP contribution in [0.15, 0.2) is 18.2 Å². The normalized spacial score (nSPS) is 18.9. The number of thioether (sulfide) groups is 1. The number of alkyl halides is 3. The van der Waals surface area contributed by atoms with Crippen LogP contribution in [0, 0.1) is 12.8 Å². The van der Waals surface area contributed by atoms with Crippen molar-refractivity contribution in [3.63, 3.8) is 0 Å². The van der Waals surface area contributed by atoms with Gasteiger partial charge in [0.1, 0.15) is 0 Å². The second-order valence-corrected chi connectivity index (χ2v) is 6.52. The number of hydrogen-bond donors (Lipinski definition) is 0. The summed E-state index contributed by atoms with van der Waals surface area (Å²) in [5.74, 6) is 0.294. The number of benzene rings is 1. The second kappa shape index (κ2) is 6.32. The molecule has 120 valence electrons. The zero-order chi connectivity index (χ0) is 16.5. The van der Waals surface area contributed by atoms with Crippen molar-refractivity contribution in [1.82, 2.24) is 0 Å². The molecular weight excluding hydrogens is 315 g/mol. The van der Waals surface area contributed by atoms with Crippen LogP contribution in [-0.2, 0) is 15.8 Å². The topological polar surface area (TPSA) is 37.4 Å². The fourth-order valence-corrected chi connectivity index (χ4v) is 3.28. The molecule has 2 rings (SSSR count). The summed E-state index contributed by atoms with van der Waals surface area (Å²) in [5, 5.41) is -0.0267. The van der Waals surface area contributed by atoms with Gasteiger partial charge in [0.05, 0.1) is 5.56 Å². The van der Waals surface area contributed by atoms with Crippen molar-refractivity contribution in [2.75, 3.05) is 17.2 Å². The van der Waals surface area contributed by atoms with Crippen LogP contribution in [-0.4, -0.2) is 23.3 Å². The SMILES string of the molecule is CC(=O)SCC1CC(=O)N(c2cccc(C(F)(F)F)c2C)C1. The lowest BCUT2D eigenvalue weighted by molar-refractivity contribution is -0.138. The highest BCUT2D eigenvalue weighted by molar-refractivity contribution is 8.13. The molecule has 1 atom stereocenters. The average Bonchev–Trinajstić information content (AvgIpc) is 2.76. The van der Waals surface area contributed by atoms with Gasteiger partial charge in [0.15, 0.2) is 5.12 Å². The van der Waals surface area contributed by atoms with Gasteiger partial charge in [-0.25, -0.2) is 0 Å². The smallest absolute Gasteiger partial charge is 0.312 e. The molecule has 0 aromatic heterocycles. The summed E-state index contributed by atoms with van der Waals surface area (Å²) < 4.78 is 38.9. The lowest BCUT2D eigenvalue weighted by atomic mass is 10.1. The number of hydrogen-bond acceptors (Lipinski definition) is 3. The summed E-state index contributed by atoms with van der Waals surface area (Å²) >= 11 is 1.14. The number of nitrogens with zero attached hydrogens (tertiary/aromatic N) is 1. The Bertz CT molecular complexity index is 601. The van der Waals surface area contributed by atoms with E-state index in [1.807, 2.05) is 0 Å². The van der Waals surface area contributed by atoms with Gasteiger partial charge in [0, 0.05) is 31.3 Å². The van der Waals surface area contributed by atoms with Gasteiger partial charge in [-0.3, -0.25) is 9.59 Å². The van der Waals surface area contributed by atoms with E-state index in [0.717, 1.165) is 17.8 Å². The molecule has 1 amide bonds. The van der Waals surface area contributed by atoms with Gasteiger partial charge in [-0.1, -0.05) is 17.8 Å². The van der Waals surface area contributed by atoms with Crippen molar-refractivity contribution in [2.24, 2.45) is 5.92 Å². The van der Waals surface area contributed by atoms with Crippen molar-refractivity contribution in [1.29, 1.82) is 0 Å². The van der Waals surface area contributed by atoms with Crippen molar-refractivity contribution in [3.05, 3.63) is 29.3 Å². The molecule has 1 heterocycles. The number of rotatable bonds is 3. The molecule has 0 spiro atoms. The Kier molecular flexibility index (Phi) is 4.84. The van der Waals surface area contributed by atoms with Crippen LogP contribution < -0.4 is 4.90 Å². The van der Waals surface area contributed by atoms with Crippen LogP contribution in [0.25, 0.3) is 0 Å². The maximum atomic E-state index is 13.0. The van der Waals surface area contributed by atoms with E-state index in [0.29, 0.717) is 18.0 Å². The Morgan fingerprint density at radius 1 is 1.41 bits per heavy atom. The maximum absolute atomic E-state index is 13.0. The molecule has 1 aliphatic heterocycles. The largest absolute Gasteiger partial charge is 0.416 e. The van der Waals surface area contributed by atoms with E-state index in [1.165, 1.54) is 30.9 Å². The lowest BCUT2D eigenvalue weighted by Crippen LogP contribution is -2.26. The van der Waals surface area contributed by atoms with Gasteiger partial charge in [-0.05, 0) is 30.5 Å². The molecule has 0 radical (unpaired) electrons. The van der Waals surface area contributed by atoms with Crippen molar-refractivity contribution >= 4 is 28.5 Å². The second-order valence-electron chi connectivity index (χ2n) is 5.32. The van der Waals surface area contributed by atoms with E-state index < -0.39 is 11.7 Å². The molecule has 1 fully saturated rings. The molecule has 0 bridgehead atoms. The zero-order valence-corrected chi connectivity index (χ0v) is 13.1. The molecule has 1 aromatic carbocycles. The summed E-state index contributed by atoms with van der Waals surface area (Å²) in [6.07, 6.45) is -4.18. The number of amides is 1. The predicted octanol–water partition coefficient (Wildman–Crippen LogP) is 3.65. The molecule has 7 heteroatoms. The fraction of sp³-hybridized carbons (Fsp3) is 0.467. The Balaban J connectivity index is 2.22. The van der Waals surface area contributed by atoms with Gasteiger partial charge < -0.3 is 4.90 Å². The van der Waals surface area contributed by atoms with Crippen LogP contribution in [0.2, 0.25) is 0 Å². The quantitative estimate of drug-likeness (QED) is 0.848. The van der Waals surface area contributed by atoms with Crippen molar-refractivity contribution in [2.45, 2.75) is 26.4 Å². The third-order valence-electron chi connectivity index (χ3n) is 3.63. The molecule has 3 nitrogen and oxygen atoms in total. The minimum Gasteiger partial charge on any atom is -0.312 e. The first-order valence-electron chi connectivity index (χ1n) is 6.80. The summed E-state index contributed by atoms with van der Waals surface area (Å²) in [4.78, 5) is 24.5. The van der Waals surface area contributed by atoms with Crippen LogP contribution in [0.3, 0.4) is 0 Å². The number of halogens is 3. The summed E-state index contributed by atoms with van der Waals surface area (Å²) in [7, 11) is 0. The van der Waals surface area contributed by atoms with E-state index in [1.54, 1.807) is 0 Å². The number of anilines is 1. The standard InChI is InChI=1S/C15H16F3NO2S/c1-9-12(15(16,17)18)4-3-5-13(9)19-7-11(6-14(19)21)8-22-10(2)20/h3-5,11H,6-8H2,1-2H3. The highest BCUT2D eigenvalue weighted by Gasteiger charge is 2.36. The van der Waals surface area contributed by atoms with E-state index in [-0.39, 0.29) is 28.9 Å². The molecule has 0 N–H and O–H groups in total. The Morgan fingerprint density at radius 2 is 2.09 bits per heavy atom. The minimum atomic E-state index is -4.44. The summed E-state index contributed by atoms with van der Waals surface area (Å²) in [6, 6.07) is 3.86. The van der Waals surface area contributed by atoms with E-state index in [4.69, 9.17) is 0 Å². The van der Waals surface area contributed by atoms with Gasteiger partial charge in [-0.2, -0.15) is 13.2 Å². The maximum Gasteiger partial charge on any atom is 0.416 e. The minimum absolute atomic E-state index is 0.0182. The van der Waals surface area contributed by atoms with Gasteiger partial charge in [-0.15, -0.1) is 0 Å². The Morgan fingerprint density at radius 3 is 2.68 bits per heavy atom. The van der Waals surface area contributed by atoms with Gasteiger partial charge >= 0.3 is 6.18 Å². The van der Waals surface area contributed by atoms with Crippen LogP contribution in [0.4, 0.5) is 18.9 Å². The molecule has 1 aromatic rings. The third kappa shape index (κ3) is 3.63. The van der Waals surface area contributed by atoms with E-state index >= 15 is 0 Å². The molecule has 0 saturated carbocycles. The van der Waals surface area contributed by atoms with E-state index in [9.17, 15) is 22.8 Å². The van der Waals surface area contributed by atoms with Crippen LogP contribution in [0.1, 0.15) is 24.5 Å². The third-order valence-corrected chi connectivity index (χ3v) is 4.67. The lowest BCUT2D eigenvalue weighted by Gasteiger charge is -2.21. The first-order valence-corrected chi connectivity index (χ1v) is 7.79. The molecule has 22 heavy (non-hydrogen) atoms. The average molecular weight is 331 g/mol. The summed E-state index contributed by atoms with van der Waals surface area (Å²) in [6.45, 7) is 3.18. The fourth-order valence-electron chi connectivity index (χ4n) is 2.58. The Hall–Kier alpha value is -1.50. The Labute approximate surface area is 130 Å². The monoisotopic (exact) mass is 331 g/mol. The first kappa shape index (κ1) is 16.9. The molecule has 1 aliphatic rings. The molecule has 0 aliphatic carbocycles. The predicted molar refractivity (Wildman–Crippen MR) is 79.8 cm³/mol. The zero-order valence-electron chi connectivity index (χ0n) is 12.2. The highest BCUT2D eigenvalue weighted by atomic mass is 32.2. The molecular formula is C15H16F3NO2S. The molecule has 1 unspecified atom stereocenters. The summed E-state index contributed by atoms with van der Waals surface area (Å²) in [5.41, 5.74) is -0.363. The number of carbonyl (C=O) groups excluding carboxylic acids is 2. The van der Waals surface area contributed by atoms with Crippen molar-refractivity contribution < 1.29 is 22.8 Å². The van der Waals surface area contributed by atoms with Crippen LogP contribution >= 0.6 is 11.8 Å². The van der Waals surface area contributed by atoms with Crippen molar-refractivity contribution in [3.8, 4) is 0 Å². The van der Waals surface area contributed by atoms with Crippen LogP contribution in [0.5, 0.6) is 0 Å². The highest BCUT2D eigenvalue weighted by Crippen LogP contribution is 2.37. The van der Waals surface area contributed by atoms with Gasteiger partial charge in [0.2, 0.25) is 5.91 Å². The molecule has 1 saturated heterocycles. The van der Waals surface area contributed by atoms with Gasteiger partial charge in [0.25, 0.3) is 0 Å².